The normalized spacial score (nSPS) is 40.3. The molecule has 0 bridgehead atoms. The van der Waals surface area contributed by atoms with Gasteiger partial charge in [-0.25, -0.2) is 0 Å². The van der Waals surface area contributed by atoms with Crippen LogP contribution in [0.2, 0.25) is 0 Å². The lowest BCUT2D eigenvalue weighted by molar-refractivity contribution is 0.0934. The van der Waals surface area contributed by atoms with Gasteiger partial charge in [-0.15, -0.1) is 0 Å². The second-order valence-electron chi connectivity index (χ2n) is 4.75. The topological polar surface area (TPSA) is 35.5 Å². The molecule has 14 heavy (non-hydrogen) atoms. The number of nitrogens with one attached hydrogen (secondary N) is 1. The maximum absolute atomic E-state index is 9.28. The van der Waals surface area contributed by atoms with Crippen molar-refractivity contribution in [3.63, 3.8) is 0 Å². The van der Waals surface area contributed by atoms with E-state index >= 15 is 0 Å². The standard InChI is InChI=1S/C11H22N2O/c1-9-7-10(4-5-12-9)13-6-2-3-11(13)8-14/h9-12,14H,2-8H2,1H3. The molecular formula is C11H22N2O. The molecule has 2 aliphatic rings. The number of nitrogens with zero attached hydrogens (tertiary/aromatic N) is 1. The molecule has 82 valence electrons. The number of likely N-dealkylation sites (tertiary alicyclic amines) is 1. The predicted molar refractivity (Wildman–Crippen MR) is 57.3 cm³/mol. The first-order valence-corrected chi connectivity index (χ1v) is 5.91. The molecule has 0 aromatic heterocycles. The second kappa shape index (κ2) is 4.60. The van der Waals surface area contributed by atoms with Crippen molar-refractivity contribution in [2.75, 3.05) is 19.7 Å². The van der Waals surface area contributed by atoms with E-state index in [4.69, 9.17) is 0 Å². The van der Waals surface area contributed by atoms with E-state index in [9.17, 15) is 5.11 Å². The van der Waals surface area contributed by atoms with Crippen molar-refractivity contribution in [2.45, 2.75) is 50.7 Å². The summed E-state index contributed by atoms with van der Waals surface area (Å²) in [4.78, 5) is 2.54. The Hall–Kier alpha value is -0.120. The first kappa shape index (κ1) is 10.4. The first-order chi connectivity index (χ1) is 6.81. The molecule has 2 N–H and O–H groups in total. The van der Waals surface area contributed by atoms with Gasteiger partial charge in [-0.2, -0.15) is 0 Å². The van der Waals surface area contributed by atoms with Gasteiger partial charge in [0.15, 0.2) is 0 Å². The van der Waals surface area contributed by atoms with Crippen LogP contribution in [0.3, 0.4) is 0 Å². The van der Waals surface area contributed by atoms with Crippen LogP contribution in [-0.4, -0.2) is 47.8 Å². The minimum atomic E-state index is 0.346. The Balaban J connectivity index is 1.92. The molecule has 0 radical (unpaired) electrons. The van der Waals surface area contributed by atoms with Gasteiger partial charge in [0.2, 0.25) is 0 Å². The van der Waals surface area contributed by atoms with Gasteiger partial charge in [0.1, 0.15) is 0 Å². The quantitative estimate of drug-likeness (QED) is 0.681. The van der Waals surface area contributed by atoms with Gasteiger partial charge in [0.25, 0.3) is 0 Å². The zero-order valence-electron chi connectivity index (χ0n) is 9.08. The van der Waals surface area contributed by atoms with Crippen LogP contribution in [0.25, 0.3) is 0 Å². The van der Waals surface area contributed by atoms with Crippen LogP contribution in [0.15, 0.2) is 0 Å². The van der Waals surface area contributed by atoms with Crippen molar-refractivity contribution >= 4 is 0 Å². The molecule has 2 aliphatic heterocycles. The summed E-state index contributed by atoms with van der Waals surface area (Å²) in [5, 5.41) is 12.8. The third-order valence-electron chi connectivity index (χ3n) is 3.70. The molecule has 3 heteroatoms. The minimum absolute atomic E-state index is 0.346. The van der Waals surface area contributed by atoms with Crippen molar-refractivity contribution in [3.05, 3.63) is 0 Å². The maximum Gasteiger partial charge on any atom is 0.0586 e. The van der Waals surface area contributed by atoms with Gasteiger partial charge in [0, 0.05) is 18.1 Å². The fourth-order valence-electron chi connectivity index (χ4n) is 2.94. The van der Waals surface area contributed by atoms with E-state index in [1.165, 1.54) is 32.2 Å². The summed E-state index contributed by atoms with van der Waals surface area (Å²) in [5.74, 6) is 0. The fourth-order valence-corrected chi connectivity index (χ4v) is 2.94. The zero-order chi connectivity index (χ0) is 9.97. The monoisotopic (exact) mass is 198 g/mol. The largest absolute Gasteiger partial charge is 0.395 e. The Morgan fingerprint density at radius 1 is 1.43 bits per heavy atom. The zero-order valence-corrected chi connectivity index (χ0v) is 9.08. The van der Waals surface area contributed by atoms with Gasteiger partial charge in [-0.05, 0) is 45.7 Å². The number of rotatable bonds is 2. The summed E-state index contributed by atoms with van der Waals surface area (Å²) in [5.41, 5.74) is 0. The van der Waals surface area contributed by atoms with Crippen LogP contribution in [-0.2, 0) is 0 Å². The lowest BCUT2D eigenvalue weighted by Gasteiger charge is -2.37. The molecule has 2 rings (SSSR count). The van der Waals surface area contributed by atoms with E-state index in [0.717, 1.165) is 6.54 Å². The number of hydrogen-bond donors (Lipinski definition) is 2. The van der Waals surface area contributed by atoms with E-state index < -0.39 is 0 Å². The van der Waals surface area contributed by atoms with Crippen molar-refractivity contribution in [1.82, 2.24) is 10.2 Å². The average molecular weight is 198 g/mol. The maximum atomic E-state index is 9.28. The average Bonchev–Trinajstić information content (AvgIpc) is 2.65. The molecule has 2 saturated heterocycles. The number of piperidine rings is 1. The van der Waals surface area contributed by atoms with Crippen LogP contribution in [0.4, 0.5) is 0 Å². The molecule has 2 heterocycles. The van der Waals surface area contributed by atoms with E-state index in [0.29, 0.717) is 24.7 Å². The van der Waals surface area contributed by atoms with Gasteiger partial charge < -0.3 is 10.4 Å². The van der Waals surface area contributed by atoms with Crippen LogP contribution >= 0.6 is 0 Å². The molecule has 3 unspecified atom stereocenters. The van der Waals surface area contributed by atoms with Gasteiger partial charge in [0.05, 0.1) is 6.61 Å². The Kier molecular flexibility index (Phi) is 3.42. The van der Waals surface area contributed by atoms with Crippen LogP contribution in [0.1, 0.15) is 32.6 Å². The lowest BCUT2D eigenvalue weighted by Crippen LogP contribution is -2.49. The summed E-state index contributed by atoms with van der Waals surface area (Å²) < 4.78 is 0. The highest BCUT2D eigenvalue weighted by molar-refractivity contribution is 4.89. The fraction of sp³-hybridized carbons (Fsp3) is 1.00. The van der Waals surface area contributed by atoms with E-state index in [-0.39, 0.29) is 0 Å². The van der Waals surface area contributed by atoms with Crippen molar-refractivity contribution in [3.8, 4) is 0 Å². The number of aliphatic hydroxyl groups is 1. The summed E-state index contributed by atoms with van der Waals surface area (Å²) in [6, 6.07) is 1.81. The molecule has 0 spiro atoms. The van der Waals surface area contributed by atoms with E-state index in [1.54, 1.807) is 0 Å². The third kappa shape index (κ3) is 2.10. The third-order valence-corrected chi connectivity index (χ3v) is 3.70. The molecule has 0 aromatic carbocycles. The predicted octanol–water partition coefficient (Wildman–Crippen LogP) is 0.584. The van der Waals surface area contributed by atoms with Gasteiger partial charge in [-0.1, -0.05) is 0 Å². The molecule has 3 nitrogen and oxygen atoms in total. The number of hydrogen-bond acceptors (Lipinski definition) is 3. The van der Waals surface area contributed by atoms with Crippen LogP contribution < -0.4 is 5.32 Å². The molecule has 2 fully saturated rings. The highest BCUT2D eigenvalue weighted by Gasteiger charge is 2.32. The minimum Gasteiger partial charge on any atom is -0.395 e. The summed E-state index contributed by atoms with van der Waals surface area (Å²) >= 11 is 0. The Morgan fingerprint density at radius 3 is 3.00 bits per heavy atom. The summed E-state index contributed by atoms with van der Waals surface area (Å²) in [7, 11) is 0. The molecule has 0 amide bonds. The SMILES string of the molecule is CC1CC(N2CCCC2CO)CCN1. The van der Waals surface area contributed by atoms with Crippen LogP contribution in [0.5, 0.6) is 0 Å². The molecule has 3 atom stereocenters. The first-order valence-electron chi connectivity index (χ1n) is 5.91. The smallest absolute Gasteiger partial charge is 0.0586 e. The lowest BCUT2D eigenvalue weighted by atomic mass is 9.98. The highest BCUT2D eigenvalue weighted by Crippen LogP contribution is 2.25. The van der Waals surface area contributed by atoms with Gasteiger partial charge >= 0.3 is 0 Å². The Labute approximate surface area is 86.5 Å². The number of aliphatic hydroxyl groups excluding tert-OH is 1. The highest BCUT2D eigenvalue weighted by atomic mass is 16.3. The van der Waals surface area contributed by atoms with E-state index in [2.05, 4.69) is 17.1 Å². The molecule has 0 saturated carbocycles. The van der Waals surface area contributed by atoms with Crippen molar-refractivity contribution in [1.29, 1.82) is 0 Å². The Bertz CT molecular complexity index is 186. The van der Waals surface area contributed by atoms with E-state index in [1.807, 2.05) is 0 Å². The molecular weight excluding hydrogens is 176 g/mol. The van der Waals surface area contributed by atoms with Crippen LogP contribution in [0, 0.1) is 0 Å². The van der Waals surface area contributed by atoms with Crippen molar-refractivity contribution in [2.24, 2.45) is 0 Å². The van der Waals surface area contributed by atoms with Gasteiger partial charge in [-0.3, -0.25) is 4.90 Å². The second-order valence-corrected chi connectivity index (χ2v) is 4.75. The summed E-state index contributed by atoms with van der Waals surface area (Å²) in [6.07, 6.45) is 4.95. The molecule has 0 aliphatic carbocycles. The van der Waals surface area contributed by atoms with Crippen molar-refractivity contribution < 1.29 is 5.11 Å². The Morgan fingerprint density at radius 2 is 2.29 bits per heavy atom. The summed E-state index contributed by atoms with van der Waals surface area (Å²) in [6.45, 7) is 4.94. The molecule has 0 aromatic rings.